The summed E-state index contributed by atoms with van der Waals surface area (Å²) in [5, 5.41) is 19.7. The second kappa shape index (κ2) is 4.83. The third kappa shape index (κ3) is 2.55. The van der Waals surface area contributed by atoms with Crippen LogP contribution in [-0.4, -0.2) is 51.7 Å². The summed E-state index contributed by atoms with van der Waals surface area (Å²) >= 11 is 0. The molecule has 0 aromatic carbocycles. The number of carbonyl (C=O) groups excluding carboxylic acids is 1. The summed E-state index contributed by atoms with van der Waals surface area (Å²) in [7, 11) is 0. The number of carboxylic acids is 2. The highest BCUT2D eigenvalue weighted by Crippen LogP contribution is 2.37. The molecule has 2 fully saturated rings. The van der Waals surface area contributed by atoms with E-state index in [1.165, 1.54) is 0 Å². The Kier molecular flexibility index (Phi) is 3.40. The molecule has 0 spiro atoms. The van der Waals surface area contributed by atoms with E-state index in [4.69, 9.17) is 10.2 Å². The van der Waals surface area contributed by atoms with Crippen molar-refractivity contribution in [2.24, 2.45) is 5.92 Å². The molecule has 1 heterocycles. The number of nitrogens with one attached hydrogen (secondary N) is 1. The Morgan fingerprint density at radius 2 is 2.00 bits per heavy atom. The molecule has 1 aliphatic carbocycles. The highest BCUT2D eigenvalue weighted by atomic mass is 16.4. The zero-order valence-electron chi connectivity index (χ0n) is 9.83. The van der Waals surface area contributed by atoms with E-state index in [0.717, 1.165) is 19.3 Å². The Hall–Kier alpha value is -1.79. The maximum absolute atomic E-state index is 11.9. The van der Waals surface area contributed by atoms with Gasteiger partial charge in [-0.1, -0.05) is 0 Å². The van der Waals surface area contributed by atoms with Crippen molar-refractivity contribution in [2.45, 2.75) is 37.8 Å². The topological polar surface area (TPSA) is 107 Å². The van der Waals surface area contributed by atoms with Gasteiger partial charge in [0.2, 0.25) is 0 Å². The highest BCUT2D eigenvalue weighted by molar-refractivity contribution is 5.86. The van der Waals surface area contributed by atoms with E-state index in [-0.39, 0.29) is 6.04 Å². The predicted molar refractivity (Wildman–Crippen MR) is 60.0 cm³/mol. The van der Waals surface area contributed by atoms with Gasteiger partial charge in [-0.25, -0.2) is 9.59 Å². The number of urea groups is 1. The van der Waals surface area contributed by atoms with Crippen LogP contribution < -0.4 is 5.32 Å². The minimum absolute atomic E-state index is 0.189. The number of amides is 2. The van der Waals surface area contributed by atoms with Crippen molar-refractivity contribution >= 4 is 18.0 Å². The lowest BCUT2D eigenvalue weighted by Crippen LogP contribution is -2.50. The first-order valence-corrected chi connectivity index (χ1v) is 5.99. The number of hydrogen-bond acceptors (Lipinski definition) is 3. The van der Waals surface area contributed by atoms with E-state index >= 15 is 0 Å². The molecule has 0 aromatic heterocycles. The predicted octanol–water partition coefficient (Wildman–Crippen LogP) is 0.108. The maximum Gasteiger partial charge on any atom is 0.326 e. The van der Waals surface area contributed by atoms with Crippen molar-refractivity contribution in [3.8, 4) is 0 Å². The SMILES string of the molecule is O=C(O)CC(NC(=O)N1CC2CCC1C2)C(=O)O. The number of piperidine rings is 1. The van der Waals surface area contributed by atoms with Crippen molar-refractivity contribution < 1.29 is 24.6 Å². The average molecular weight is 256 g/mol. The lowest BCUT2D eigenvalue weighted by atomic mass is 10.1. The first-order valence-electron chi connectivity index (χ1n) is 5.99. The van der Waals surface area contributed by atoms with Crippen LogP contribution in [0.4, 0.5) is 4.79 Å². The van der Waals surface area contributed by atoms with Crippen molar-refractivity contribution in [1.29, 1.82) is 0 Å². The molecule has 3 N–H and O–H groups in total. The number of carbonyl (C=O) groups is 3. The van der Waals surface area contributed by atoms with E-state index in [2.05, 4.69) is 5.32 Å². The zero-order chi connectivity index (χ0) is 13.3. The summed E-state index contributed by atoms with van der Waals surface area (Å²) in [5.41, 5.74) is 0. The second-order valence-corrected chi connectivity index (χ2v) is 4.92. The van der Waals surface area contributed by atoms with Gasteiger partial charge in [0.15, 0.2) is 0 Å². The van der Waals surface area contributed by atoms with Crippen LogP contribution in [-0.2, 0) is 9.59 Å². The minimum Gasteiger partial charge on any atom is -0.481 e. The van der Waals surface area contributed by atoms with Gasteiger partial charge in [0.05, 0.1) is 6.42 Å². The van der Waals surface area contributed by atoms with Crippen LogP contribution in [0.2, 0.25) is 0 Å². The van der Waals surface area contributed by atoms with Crippen LogP contribution >= 0.6 is 0 Å². The fraction of sp³-hybridized carbons (Fsp3) is 0.727. The Morgan fingerprint density at radius 1 is 1.28 bits per heavy atom. The molecule has 7 heteroatoms. The molecule has 0 radical (unpaired) electrons. The van der Waals surface area contributed by atoms with Crippen molar-refractivity contribution in [3.05, 3.63) is 0 Å². The number of fused-ring (bicyclic) bond motifs is 2. The first kappa shape index (κ1) is 12.7. The van der Waals surface area contributed by atoms with Gasteiger partial charge >= 0.3 is 18.0 Å². The van der Waals surface area contributed by atoms with Crippen LogP contribution in [0.15, 0.2) is 0 Å². The van der Waals surface area contributed by atoms with Gasteiger partial charge in [-0.2, -0.15) is 0 Å². The van der Waals surface area contributed by atoms with E-state index < -0.39 is 30.4 Å². The maximum atomic E-state index is 11.9. The summed E-state index contributed by atoms with van der Waals surface area (Å²) in [6, 6.07) is -1.64. The van der Waals surface area contributed by atoms with Gasteiger partial charge in [-0.05, 0) is 25.2 Å². The molecule has 3 atom stereocenters. The first-order chi connectivity index (χ1) is 8.47. The lowest BCUT2D eigenvalue weighted by molar-refractivity contribution is -0.145. The van der Waals surface area contributed by atoms with Crippen molar-refractivity contribution in [1.82, 2.24) is 10.2 Å². The molecule has 3 unspecified atom stereocenters. The summed E-state index contributed by atoms with van der Waals surface area (Å²) in [5.74, 6) is -2.05. The molecule has 2 rings (SSSR count). The second-order valence-electron chi connectivity index (χ2n) is 4.92. The fourth-order valence-corrected chi connectivity index (χ4v) is 2.78. The Bertz CT molecular complexity index is 384. The van der Waals surface area contributed by atoms with E-state index in [1.807, 2.05) is 0 Å². The van der Waals surface area contributed by atoms with Crippen LogP contribution in [0, 0.1) is 5.92 Å². The monoisotopic (exact) mass is 256 g/mol. The van der Waals surface area contributed by atoms with Gasteiger partial charge in [-0.3, -0.25) is 4.79 Å². The lowest BCUT2D eigenvalue weighted by Gasteiger charge is -2.28. The Balaban J connectivity index is 1.92. The van der Waals surface area contributed by atoms with Gasteiger partial charge in [0.1, 0.15) is 6.04 Å². The van der Waals surface area contributed by atoms with Crippen molar-refractivity contribution in [2.75, 3.05) is 6.54 Å². The number of hydrogen-bond donors (Lipinski definition) is 3. The van der Waals surface area contributed by atoms with Gasteiger partial charge in [0.25, 0.3) is 0 Å². The number of carboxylic acid groups (broad SMARTS) is 2. The molecule has 7 nitrogen and oxygen atoms in total. The summed E-state index contributed by atoms with van der Waals surface area (Å²) in [6.07, 6.45) is 2.44. The zero-order valence-corrected chi connectivity index (χ0v) is 9.83. The molecule has 1 saturated heterocycles. The largest absolute Gasteiger partial charge is 0.481 e. The van der Waals surface area contributed by atoms with E-state index in [1.54, 1.807) is 4.90 Å². The molecule has 18 heavy (non-hydrogen) atoms. The fourth-order valence-electron chi connectivity index (χ4n) is 2.78. The van der Waals surface area contributed by atoms with Crippen LogP contribution in [0.25, 0.3) is 0 Å². The highest BCUT2D eigenvalue weighted by Gasteiger charge is 2.41. The number of likely N-dealkylation sites (tertiary alicyclic amines) is 1. The van der Waals surface area contributed by atoms with E-state index in [0.29, 0.717) is 12.5 Å². The standard InChI is InChI=1S/C11H16N2O5/c14-9(15)4-8(10(16)17)12-11(18)13-5-6-1-2-7(13)3-6/h6-8H,1-5H2,(H,12,18)(H,14,15)(H,16,17). The molecule has 2 aliphatic rings. The molecule has 2 bridgehead atoms. The molecular weight excluding hydrogens is 240 g/mol. The Labute approximate surface area is 104 Å². The normalized spacial score (nSPS) is 27.0. The van der Waals surface area contributed by atoms with Gasteiger partial charge in [0, 0.05) is 12.6 Å². The average Bonchev–Trinajstić information content (AvgIpc) is 2.88. The molecule has 1 saturated carbocycles. The smallest absolute Gasteiger partial charge is 0.326 e. The number of aliphatic carboxylic acids is 2. The summed E-state index contributed by atoms with van der Waals surface area (Å²) < 4.78 is 0. The summed E-state index contributed by atoms with van der Waals surface area (Å²) in [4.78, 5) is 34.9. The van der Waals surface area contributed by atoms with Crippen LogP contribution in [0.3, 0.4) is 0 Å². The van der Waals surface area contributed by atoms with E-state index in [9.17, 15) is 14.4 Å². The number of nitrogens with zero attached hydrogens (tertiary/aromatic N) is 1. The van der Waals surface area contributed by atoms with Crippen LogP contribution in [0.5, 0.6) is 0 Å². The van der Waals surface area contributed by atoms with Gasteiger partial charge in [-0.15, -0.1) is 0 Å². The molecule has 100 valence electrons. The summed E-state index contributed by atoms with van der Waals surface area (Å²) in [6.45, 7) is 0.649. The van der Waals surface area contributed by atoms with Crippen molar-refractivity contribution in [3.63, 3.8) is 0 Å². The number of rotatable bonds is 4. The quantitative estimate of drug-likeness (QED) is 0.661. The Morgan fingerprint density at radius 3 is 2.44 bits per heavy atom. The third-order valence-electron chi connectivity index (χ3n) is 3.64. The molecule has 2 amide bonds. The van der Waals surface area contributed by atoms with Gasteiger partial charge < -0.3 is 20.4 Å². The molecule has 0 aromatic rings. The molecule has 1 aliphatic heterocycles. The minimum atomic E-state index is -1.37. The van der Waals surface area contributed by atoms with Crippen LogP contribution in [0.1, 0.15) is 25.7 Å². The molecular formula is C11H16N2O5. The third-order valence-corrected chi connectivity index (χ3v) is 3.64.